The highest BCUT2D eigenvalue weighted by Gasteiger charge is 2.22. The first kappa shape index (κ1) is 18.8. The second-order valence-corrected chi connectivity index (χ2v) is 6.01. The lowest BCUT2D eigenvalue weighted by Gasteiger charge is -2.14. The molecule has 0 atom stereocenters. The molecule has 1 aromatic rings. The van der Waals surface area contributed by atoms with Crippen molar-refractivity contribution in [3.8, 4) is 5.75 Å². The van der Waals surface area contributed by atoms with Crippen molar-refractivity contribution in [2.24, 2.45) is 4.99 Å². The Kier molecular flexibility index (Phi) is 7.82. The zero-order valence-electron chi connectivity index (χ0n) is 14.9. The van der Waals surface area contributed by atoms with Gasteiger partial charge < -0.3 is 20.7 Å². The highest BCUT2D eigenvalue weighted by atomic mass is 16.5. The second-order valence-electron chi connectivity index (χ2n) is 6.01. The summed E-state index contributed by atoms with van der Waals surface area (Å²) in [5.74, 6) is 1.68. The molecule has 0 radical (unpaired) electrons. The number of amides is 1. The third-order valence-corrected chi connectivity index (χ3v) is 3.81. The number of ether oxygens (including phenoxy) is 1. The highest BCUT2D eigenvalue weighted by Crippen LogP contribution is 2.19. The molecule has 6 heteroatoms. The standard InChI is InChI=1S/C19H28N4O2/c1-3-13-25-17-8-5-4-7-15(17)14-22-19(20-2)21-12-6-9-18(24)23-16-10-11-16/h3-5,7-8,16H,1,6,9-14H2,2H3,(H,23,24)(H2,20,21,22). The first-order valence-electron chi connectivity index (χ1n) is 8.78. The van der Waals surface area contributed by atoms with Crippen LogP contribution in [0, 0.1) is 0 Å². The fourth-order valence-corrected chi connectivity index (χ4v) is 2.32. The van der Waals surface area contributed by atoms with Crippen LogP contribution in [0.5, 0.6) is 5.75 Å². The van der Waals surface area contributed by atoms with Gasteiger partial charge in [-0.05, 0) is 25.3 Å². The summed E-state index contributed by atoms with van der Waals surface area (Å²) in [6.07, 6.45) is 5.29. The number of aliphatic imine (C=N–C) groups is 1. The van der Waals surface area contributed by atoms with E-state index in [-0.39, 0.29) is 5.91 Å². The summed E-state index contributed by atoms with van der Waals surface area (Å²) in [5, 5.41) is 9.49. The molecule has 136 valence electrons. The first-order chi connectivity index (χ1) is 12.2. The molecule has 0 spiro atoms. The van der Waals surface area contributed by atoms with Gasteiger partial charge in [-0.15, -0.1) is 0 Å². The largest absolute Gasteiger partial charge is 0.489 e. The second kappa shape index (κ2) is 10.4. The van der Waals surface area contributed by atoms with Crippen molar-refractivity contribution in [3.05, 3.63) is 42.5 Å². The van der Waals surface area contributed by atoms with Gasteiger partial charge >= 0.3 is 0 Å². The van der Waals surface area contributed by atoms with Gasteiger partial charge in [0, 0.05) is 38.2 Å². The minimum atomic E-state index is 0.139. The van der Waals surface area contributed by atoms with E-state index in [4.69, 9.17) is 4.74 Å². The van der Waals surface area contributed by atoms with Crippen molar-refractivity contribution in [2.45, 2.75) is 38.3 Å². The molecule has 1 aliphatic rings. The van der Waals surface area contributed by atoms with Gasteiger partial charge in [0.1, 0.15) is 12.4 Å². The minimum Gasteiger partial charge on any atom is -0.489 e. The summed E-state index contributed by atoms with van der Waals surface area (Å²) >= 11 is 0. The van der Waals surface area contributed by atoms with Crippen LogP contribution in [-0.2, 0) is 11.3 Å². The lowest BCUT2D eigenvalue weighted by atomic mass is 10.2. The zero-order valence-corrected chi connectivity index (χ0v) is 14.9. The van der Waals surface area contributed by atoms with Gasteiger partial charge in [0.2, 0.25) is 5.91 Å². The Bertz CT molecular complexity index is 597. The number of para-hydroxylation sites is 1. The third-order valence-electron chi connectivity index (χ3n) is 3.81. The number of guanidine groups is 1. The van der Waals surface area contributed by atoms with E-state index in [9.17, 15) is 4.79 Å². The van der Waals surface area contributed by atoms with E-state index in [1.807, 2.05) is 24.3 Å². The zero-order chi connectivity index (χ0) is 17.9. The van der Waals surface area contributed by atoms with Crippen LogP contribution in [0.15, 0.2) is 41.9 Å². The van der Waals surface area contributed by atoms with Crippen molar-refractivity contribution in [3.63, 3.8) is 0 Å². The van der Waals surface area contributed by atoms with Gasteiger partial charge in [0.15, 0.2) is 5.96 Å². The first-order valence-corrected chi connectivity index (χ1v) is 8.78. The molecule has 25 heavy (non-hydrogen) atoms. The van der Waals surface area contributed by atoms with Gasteiger partial charge in [-0.25, -0.2) is 0 Å². The maximum absolute atomic E-state index is 11.6. The number of benzene rings is 1. The molecule has 6 nitrogen and oxygen atoms in total. The number of nitrogens with one attached hydrogen (secondary N) is 3. The number of carbonyl (C=O) groups excluding carboxylic acids is 1. The Hall–Kier alpha value is -2.50. The monoisotopic (exact) mass is 344 g/mol. The SMILES string of the molecule is C=CCOc1ccccc1CNC(=NC)NCCCC(=O)NC1CC1. The normalized spacial score (nSPS) is 13.9. The summed E-state index contributed by atoms with van der Waals surface area (Å²) in [4.78, 5) is 15.8. The van der Waals surface area contributed by atoms with E-state index in [1.165, 1.54) is 0 Å². The molecule has 0 saturated heterocycles. The summed E-state index contributed by atoms with van der Waals surface area (Å²) in [5.41, 5.74) is 1.05. The molecule has 1 aromatic carbocycles. The van der Waals surface area contributed by atoms with Gasteiger partial charge in [-0.3, -0.25) is 9.79 Å². The third kappa shape index (κ3) is 7.28. The molecule has 0 aromatic heterocycles. The van der Waals surface area contributed by atoms with E-state index in [0.717, 1.165) is 30.6 Å². The Morgan fingerprint density at radius 2 is 2.16 bits per heavy atom. The predicted molar refractivity (Wildman–Crippen MR) is 101 cm³/mol. The van der Waals surface area contributed by atoms with Crippen LogP contribution in [0.2, 0.25) is 0 Å². The molecule has 0 unspecified atom stereocenters. The molecule has 2 rings (SSSR count). The van der Waals surface area contributed by atoms with Crippen LogP contribution < -0.4 is 20.7 Å². The Labute approximate surface area is 149 Å². The highest BCUT2D eigenvalue weighted by molar-refractivity contribution is 5.80. The van der Waals surface area contributed by atoms with Crippen LogP contribution in [0.4, 0.5) is 0 Å². The summed E-state index contributed by atoms with van der Waals surface area (Å²) < 4.78 is 5.65. The van der Waals surface area contributed by atoms with Gasteiger partial charge in [-0.1, -0.05) is 30.9 Å². The maximum Gasteiger partial charge on any atom is 0.220 e. The lowest BCUT2D eigenvalue weighted by molar-refractivity contribution is -0.121. The van der Waals surface area contributed by atoms with Gasteiger partial charge in [0.05, 0.1) is 0 Å². The van der Waals surface area contributed by atoms with Crippen LogP contribution in [0.3, 0.4) is 0 Å². The van der Waals surface area contributed by atoms with E-state index >= 15 is 0 Å². The van der Waals surface area contributed by atoms with Crippen LogP contribution in [0.25, 0.3) is 0 Å². The topological polar surface area (TPSA) is 74.8 Å². The number of hydrogen-bond donors (Lipinski definition) is 3. The average molecular weight is 344 g/mol. The van der Waals surface area contributed by atoms with E-state index < -0.39 is 0 Å². The van der Waals surface area contributed by atoms with Crippen molar-refractivity contribution in [1.29, 1.82) is 0 Å². The Morgan fingerprint density at radius 3 is 2.88 bits per heavy atom. The number of carbonyl (C=O) groups is 1. The maximum atomic E-state index is 11.6. The number of nitrogens with zero attached hydrogens (tertiary/aromatic N) is 1. The molecule has 1 aliphatic carbocycles. The van der Waals surface area contributed by atoms with E-state index in [0.29, 0.717) is 38.1 Å². The molecule has 1 fully saturated rings. The van der Waals surface area contributed by atoms with Crippen molar-refractivity contribution in [1.82, 2.24) is 16.0 Å². The molecular weight excluding hydrogens is 316 g/mol. The lowest BCUT2D eigenvalue weighted by Crippen LogP contribution is -2.37. The van der Waals surface area contributed by atoms with Crippen LogP contribution in [0.1, 0.15) is 31.2 Å². The quantitative estimate of drug-likeness (QED) is 0.263. The number of hydrogen-bond acceptors (Lipinski definition) is 3. The molecule has 0 bridgehead atoms. The van der Waals surface area contributed by atoms with Gasteiger partial charge in [0.25, 0.3) is 0 Å². The van der Waals surface area contributed by atoms with Gasteiger partial charge in [-0.2, -0.15) is 0 Å². The average Bonchev–Trinajstić information content (AvgIpc) is 3.44. The fourth-order valence-electron chi connectivity index (χ4n) is 2.32. The predicted octanol–water partition coefficient (Wildman–Crippen LogP) is 1.98. The number of rotatable bonds is 10. The minimum absolute atomic E-state index is 0.139. The van der Waals surface area contributed by atoms with E-state index in [2.05, 4.69) is 27.5 Å². The fraction of sp³-hybridized carbons (Fsp3) is 0.474. The molecule has 1 amide bonds. The molecular formula is C19H28N4O2. The van der Waals surface area contributed by atoms with Crippen molar-refractivity contribution >= 4 is 11.9 Å². The molecule has 0 heterocycles. The molecule has 1 saturated carbocycles. The van der Waals surface area contributed by atoms with Crippen molar-refractivity contribution in [2.75, 3.05) is 20.2 Å². The Morgan fingerprint density at radius 1 is 1.36 bits per heavy atom. The Balaban J connectivity index is 1.69. The van der Waals surface area contributed by atoms with Crippen LogP contribution in [-0.4, -0.2) is 38.1 Å². The van der Waals surface area contributed by atoms with Crippen molar-refractivity contribution < 1.29 is 9.53 Å². The molecule has 0 aliphatic heterocycles. The smallest absolute Gasteiger partial charge is 0.220 e. The van der Waals surface area contributed by atoms with Crippen LogP contribution >= 0.6 is 0 Å². The summed E-state index contributed by atoms with van der Waals surface area (Å²) in [6.45, 7) is 5.45. The van der Waals surface area contributed by atoms with E-state index in [1.54, 1.807) is 13.1 Å². The summed E-state index contributed by atoms with van der Waals surface area (Å²) in [7, 11) is 1.73. The molecule has 3 N–H and O–H groups in total. The summed E-state index contributed by atoms with van der Waals surface area (Å²) in [6, 6.07) is 8.31.